The van der Waals surface area contributed by atoms with Crippen molar-refractivity contribution in [2.24, 2.45) is 0 Å². The van der Waals surface area contributed by atoms with E-state index in [2.05, 4.69) is 0 Å². The van der Waals surface area contributed by atoms with Crippen LogP contribution in [0.5, 0.6) is 0 Å². The van der Waals surface area contributed by atoms with Gasteiger partial charge in [0, 0.05) is 3.57 Å². The van der Waals surface area contributed by atoms with E-state index < -0.39 is 21.9 Å². The van der Waals surface area contributed by atoms with Crippen molar-refractivity contribution < 1.29 is 22.2 Å². The number of carboxylic acid groups (broad SMARTS) is 1. The number of hydrogen-bond donors (Lipinski definition) is 1. The summed E-state index contributed by atoms with van der Waals surface area (Å²) in [5.74, 6) is -1.95. The molecule has 0 amide bonds. The van der Waals surface area contributed by atoms with Crippen molar-refractivity contribution in [3.8, 4) is 0 Å². The van der Waals surface area contributed by atoms with E-state index in [0.29, 0.717) is 3.57 Å². The zero-order valence-corrected chi connectivity index (χ0v) is 11.2. The molecule has 1 rings (SSSR count). The molecule has 16 heavy (non-hydrogen) atoms. The fraction of sp³-hybridized carbons (Fsp3) is 0.222. The maximum Gasteiger partial charge on any atom is 0.335 e. The van der Waals surface area contributed by atoms with Gasteiger partial charge in [-0.3, -0.25) is 0 Å². The van der Waals surface area contributed by atoms with Gasteiger partial charge in [0.1, 0.15) is 5.75 Å². The fourth-order valence-electron chi connectivity index (χ4n) is 1.29. The van der Waals surface area contributed by atoms with Gasteiger partial charge in [0.25, 0.3) is 0 Å². The Morgan fingerprint density at radius 1 is 1.50 bits per heavy atom. The molecule has 0 aliphatic carbocycles. The summed E-state index contributed by atoms with van der Waals surface area (Å²) in [4.78, 5) is 10.8. The number of rotatable bonds is 3. The molecule has 0 saturated heterocycles. The SMILES string of the molecule is Cc1c(CS(=O)(=O)F)cc(I)cc1C(=O)O. The van der Waals surface area contributed by atoms with Crippen LogP contribution < -0.4 is 0 Å². The van der Waals surface area contributed by atoms with Crippen LogP contribution in [0.25, 0.3) is 0 Å². The predicted molar refractivity (Wildman–Crippen MR) is 64.6 cm³/mol. The van der Waals surface area contributed by atoms with Crippen LogP contribution >= 0.6 is 22.6 Å². The molecule has 0 radical (unpaired) electrons. The van der Waals surface area contributed by atoms with Crippen molar-refractivity contribution in [2.45, 2.75) is 12.7 Å². The third-order valence-corrected chi connectivity index (χ3v) is 3.32. The summed E-state index contributed by atoms with van der Waals surface area (Å²) >= 11 is 1.85. The molecule has 4 nitrogen and oxygen atoms in total. The molecule has 88 valence electrons. The lowest BCUT2D eigenvalue weighted by Crippen LogP contribution is -2.06. The molecule has 0 aliphatic heterocycles. The number of benzene rings is 1. The lowest BCUT2D eigenvalue weighted by atomic mass is 10.0. The largest absolute Gasteiger partial charge is 0.478 e. The first-order valence-corrected chi connectivity index (χ1v) is 6.78. The summed E-state index contributed by atoms with van der Waals surface area (Å²) in [5.41, 5.74) is 0.437. The molecular weight excluding hydrogens is 350 g/mol. The highest BCUT2D eigenvalue weighted by Crippen LogP contribution is 2.21. The number of carbonyl (C=O) groups is 1. The summed E-state index contributed by atoms with van der Waals surface area (Å²) in [6.07, 6.45) is 0. The quantitative estimate of drug-likeness (QED) is 0.664. The van der Waals surface area contributed by atoms with Gasteiger partial charge in [-0.15, -0.1) is 3.89 Å². The van der Waals surface area contributed by atoms with E-state index >= 15 is 0 Å². The average molecular weight is 358 g/mol. The minimum Gasteiger partial charge on any atom is -0.478 e. The second-order valence-corrected chi connectivity index (χ2v) is 5.84. The fourth-order valence-corrected chi connectivity index (χ4v) is 2.65. The van der Waals surface area contributed by atoms with Crippen molar-refractivity contribution >= 4 is 38.8 Å². The van der Waals surface area contributed by atoms with E-state index in [9.17, 15) is 17.1 Å². The van der Waals surface area contributed by atoms with Gasteiger partial charge in [0.15, 0.2) is 0 Å². The Labute approximate surface area is 106 Å². The Morgan fingerprint density at radius 2 is 2.06 bits per heavy atom. The van der Waals surface area contributed by atoms with Gasteiger partial charge in [-0.05, 0) is 52.8 Å². The molecule has 0 spiro atoms. The monoisotopic (exact) mass is 358 g/mol. The third-order valence-electron chi connectivity index (χ3n) is 2.04. The van der Waals surface area contributed by atoms with Crippen LogP contribution in [0.1, 0.15) is 21.5 Å². The third kappa shape index (κ3) is 3.41. The van der Waals surface area contributed by atoms with Gasteiger partial charge in [0.05, 0.1) is 5.56 Å². The van der Waals surface area contributed by atoms with Gasteiger partial charge in [0.2, 0.25) is 0 Å². The van der Waals surface area contributed by atoms with Crippen molar-refractivity contribution in [1.29, 1.82) is 0 Å². The van der Waals surface area contributed by atoms with Crippen LogP contribution in [-0.2, 0) is 16.0 Å². The zero-order valence-electron chi connectivity index (χ0n) is 8.20. The highest BCUT2D eigenvalue weighted by molar-refractivity contribution is 14.1. The zero-order chi connectivity index (χ0) is 12.5. The van der Waals surface area contributed by atoms with E-state index in [1.165, 1.54) is 19.1 Å². The molecule has 0 unspecified atom stereocenters. The minimum atomic E-state index is -4.66. The molecule has 0 aliphatic rings. The first-order chi connectivity index (χ1) is 7.20. The number of halogens is 2. The van der Waals surface area contributed by atoms with Crippen molar-refractivity contribution in [2.75, 3.05) is 0 Å². The lowest BCUT2D eigenvalue weighted by molar-refractivity contribution is 0.0696. The van der Waals surface area contributed by atoms with Crippen LogP contribution in [0.2, 0.25) is 0 Å². The minimum absolute atomic E-state index is 0.00875. The first-order valence-electron chi connectivity index (χ1n) is 4.15. The number of carboxylic acids is 1. The number of hydrogen-bond acceptors (Lipinski definition) is 3. The summed E-state index contributed by atoms with van der Waals surface area (Å²) in [6, 6.07) is 2.87. The normalized spacial score (nSPS) is 11.4. The Balaban J connectivity index is 3.35. The summed E-state index contributed by atoms with van der Waals surface area (Å²) in [7, 11) is -4.66. The van der Waals surface area contributed by atoms with Crippen LogP contribution in [0, 0.1) is 10.5 Å². The summed E-state index contributed by atoms with van der Waals surface area (Å²) in [6.45, 7) is 1.46. The topological polar surface area (TPSA) is 71.4 Å². The maximum atomic E-state index is 12.5. The molecule has 0 atom stereocenters. The Hall–Kier alpha value is -0.700. The maximum absolute atomic E-state index is 12.5. The Morgan fingerprint density at radius 3 is 2.50 bits per heavy atom. The van der Waals surface area contributed by atoms with Gasteiger partial charge >= 0.3 is 16.2 Å². The highest BCUT2D eigenvalue weighted by Gasteiger charge is 2.17. The van der Waals surface area contributed by atoms with Crippen LogP contribution in [0.15, 0.2) is 12.1 Å². The van der Waals surface area contributed by atoms with Crippen molar-refractivity contribution in [1.82, 2.24) is 0 Å². The smallest absolute Gasteiger partial charge is 0.335 e. The second-order valence-electron chi connectivity index (χ2n) is 3.23. The molecule has 0 aromatic heterocycles. The molecule has 0 saturated carbocycles. The molecular formula is C9H8FIO4S. The molecule has 0 heterocycles. The summed E-state index contributed by atoms with van der Waals surface area (Å²) in [5, 5.41) is 8.87. The molecule has 1 aromatic rings. The standard InChI is InChI=1S/C9H8FIO4S/c1-5-6(4-16(10,14)15)2-7(11)3-8(5)9(12)13/h2-3H,4H2,1H3,(H,12,13). The van der Waals surface area contributed by atoms with Gasteiger partial charge < -0.3 is 5.11 Å². The molecule has 1 N–H and O–H groups in total. The van der Waals surface area contributed by atoms with E-state index in [-0.39, 0.29) is 16.7 Å². The van der Waals surface area contributed by atoms with Crippen LogP contribution in [-0.4, -0.2) is 19.5 Å². The average Bonchev–Trinajstić information content (AvgIpc) is 2.07. The lowest BCUT2D eigenvalue weighted by Gasteiger charge is -2.07. The van der Waals surface area contributed by atoms with Crippen LogP contribution in [0.3, 0.4) is 0 Å². The summed E-state index contributed by atoms with van der Waals surface area (Å²) < 4.78 is 34.2. The van der Waals surface area contributed by atoms with Crippen molar-refractivity contribution in [3.05, 3.63) is 32.4 Å². The Bertz CT molecular complexity index is 539. The second kappa shape index (κ2) is 4.66. The molecule has 1 aromatic carbocycles. The van der Waals surface area contributed by atoms with E-state index in [0.717, 1.165) is 0 Å². The van der Waals surface area contributed by atoms with Gasteiger partial charge in [-0.2, -0.15) is 8.42 Å². The highest BCUT2D eigenvalue weighted by atomic mass is 127. The van der Waals surface area contributed by atoms with E-state index in [1.807, 2.05) is 22.6 Å². The molecule has 7 heteroatoms. The number of aromatic carboxylic acids is 1. The predicted octanol–water partition coefficient (Wildman–Crippen LogP) is 2.10. The van der Waals surface area contributed by atoms with Crippen LogP contribution in [0.4, 0.5) is 3.89 Å². The van der Waals surface area contributed by atoms with E-state index in [4.69, 9.17) is 5.11 Å². The van der Waals surface area contributed by atoms with Crippen molar-refractivity contribution in [3.63, 3.8) is 0 Å². The van der Waals surface area contributed by atoms with Gasteiger partial charge in [-0.25, -0.2) is 4.79 Å². The molecule has 0 fully saturated rings. The first kappa shape index (κ1) is 13.4. The van der Waals surface area contributed by atoms with Gasteiger partial charge in [-0.1, -0.05) is 0 Å². The molecule has 0 bridgehead atoms. The Kier molecular flexibility index (Phi) is 3.89. The van der Waals surface area contributed by atoms with E-state index in [1.54, 1.807) is 0 Å².